The summed E-state index contributed by atoms with van der Waals surface area (Å²) >= 11 is 0. The van der Waals surface area contributed by atoms with E-state index < -0.39 is 0 Å². The maximum atomic E-state index is 5.59. The fourth-order valence-corrected chi connectivity index (χ4v) is 3.29. The molecule has 7 nitrogen and oxygen atoms in total. The average Bonchev–Trinajstić information content (AvgIpc) is 3.21. The zero-order valence-electron chi connectivity index (χ0n) is 15.4. The molecule has 27 heavy (non-hydrogen) atoms. The molecule has 0 bridgehead atoms. The fourth-order valence-electron chi connectivity index (χ4n) is 3.29. The zero-order valence-corrected chi connectivity index (χ0v) is 15.4. The molecule has 0 aliphatic carbocycles. The lowest BCUT2D eigenvalue weighted by Crippen LogP contribution is -2.21. The summed E-state index contributed by atoms with van der Waals surface area (Å²) in [4.78, 5) is 9.01. The van der Waals surface area contributed by atoms with Gasteiger partial charge in [0.1, 0.15) is 23.6 Å². The van der Waals surface area contributed by atoms with Crippen LogP contribution in [0.4, 0.5) is 5.95 Å². The molecule has 1 aliphatic heterocycles. The van der Waals surface area contributed by atoms with E-state index in [-0.39, 0.29) is 6.04 Å². The average molecular weight is 364 g/mol. The van der Waals surface area contributed by atoms with Gasteiger partial charge in [0, 0.05) is 12.0 Å². The lowest BCUT2D eigenvalue weighted by Gasteiger charge is -2.25. The van der Waals surface area contributed by atoms with Crippen molar-refractivity contribution in [2.45, 2.75) is 12.5 Å². The van der Waals surface area contributed by atoms with Crippen molar-refractivity contribution in [2.75, 3.05) is 21.3 Å². The molecule has 0 fully saturated rings. The number of methoxy groups -OCH3 is 3. The van der Waals surface area contributed by atoms with Crippen molar-refractivity contribution in [3.05, 3.63) is 59.9 Å². The smallest absolute Gasteiger partial charge is 0.248 e. The summed E-state index contributed by atoms with van der Waals surface area (Å²) < 4.78 is 18.1. The molecule has 1 atom stereocenters. The molecular weight excluding hydrogens is 344 g/mol. The van der Waals surface area contributed by atoms with E-state index in [0.29, 0.717) is 12.4 Å². The van der Waals surface area contributed by atoms with Crippen LogP contribution in [0.5, 0.6) is 17.2 Å². The second-order valence-corrected chi connectivity index (χ2v) is 6.12. The Labute approximate surface area is 157 Å². The van der Waals surface area contributed by atoms with Gasteiger partial charge in [0.25, 0.3) is 0 Å². The topological polar surface area (TPSA) is 70.8 Å². The number of fused-ring (bicyclic) bond motifs is 1. The summed E-state index contributed by atoms with van der Waals surface area (Å²) in [5.74, 6) is 2.92. The van der Waals surface area contributed by atoms with Crippen LogP contribution in [0.3, 0.4) is 0 Å². The Kier molecular flexibility index (Phi) is 4.50. The van der Waals surface area contributed by atoms with Gasteiger partial charge in [-0.1, -0.05) is 0 Å². The fraction of sp³-hybridized carbons (Fsp3) is 0.250. The first kappa shape index (κ1) is 17.1. The standard InChI is InChI=1S/C20H20N4O3/c1-25-14-6-4-13(5-7-14)17-11-18(24-20(23-17)21-12-22-24)16-10-15(26-2)8-9-19(16)27-3/h4-10,12,18H,11H2,1-3H3. The zero-order chi connectivity index (χ0) is 18.8. The molecular formula is C20H20N4O3. The van der Waals surface area contributed by atoms with Gasteiger partial charge in [-0.25, -0.2) is 9.67 Å². The highest BCUT2D eigenvalue weighted by molar-refractivity contribution is 6.02. The molecule has 3 aromatic rings. The number of aromatic nitrogens is 3. The van der Waals surface area contributed by atoms with E-state index in [9.17, 15) is 0 Å². The first-order valence-electron chi connectivity index (χ1n) is 8.57. The van der Waals surface area contributed by atoms with Gasteiger partial charge < -0.3 is 14.2 Å². The molecule has 0 saturated carbocycles. The summed E-state index contributed by atoms with van der Waals surface area (Å²) in [7, 11) is 4.97. The van der Waals surface area contributed by atoms with Crippen LogP contribution in [0.1, 0.15) is 23.6 Å². The number of ether oxygens (including phenoxy) is 3. The van der Waals surface area contributed by atoms with Crippen molar-refractivity contribution in [3.8, 4) is 17.2 Å². The largest absolute Gasteiger partial charge is 0.497 e. The Morgan fingerprint density at radius 3 is 2.37 bits per heavy atom. The Bertz CT molecular complexity index is 979. The second kappa shape index (κ2) is 7.11. The molecule has 0 spiro atoms. The number of aliphatic imine (C=N–C) groups is 1. The van der Waals surface area contributed by atoms with Crippen LogP contribution >= 0.6 is 0 Å². The van der Waals surface area contributed by atoms with Gasteiger partial charge in [-0.05, 0) is 48.0 Å². The summed E-state index contributed by atoms with van der Waals surface area (Å²) in [5, 5.41) is 4.38. The van der Waals surface area contributed by atoms with Crippen LogP contribution in [0.15, 0.2) is 53.8 Å². The third kappa shape index (κ3) is 3.12. The lowest BCUT2D eigenvalue weighted by molar-refractivity contribution is 0.388. The highest BCUT2D eigenvalue weighted by Crippen LogP contribution is 2.38. The quantitative estimate of drug-likeness (QED) is 0.694. The molecule has 1 unspecified atom stereocenters. The molecule has 4 rings (SSSR count). The minimum absolute atomic E-state index is 0.0952. The highest BCUT2D eigenvalue weighted by Gasteiger charge is 2.28. The SMILES string of the molecule is COc1ccc(C2=Nc3ncnn3C(c3cc(OC)ccc3OC)C2)cc1. The van der Waals surface area contributed by atoms with Gasteiger partial charge in [0.15, 0.2) is 0 Å². The minimum Gasteiger partial charge on any atom is -0.497 e. The lowest BCUT2D eigenvalue weighted by atomic mass is 9.95. The Morgan fingerprint density at radius 1 is 0.926 bits per heavy atom. The molecule has 2 heterocycles. The number of hydrogen-bond donors (Lipinski definition) is 0. The van der Waals surface area contributed by atoms with Gasteiger partial charge in [-0.2, -0.15) is 10.1 Å². The van der Waals surface area contributed by atoms with Crippen LogP contribution in [0.2, 0.25) is 0 Å². The van der Waals surface area contributed by atoms with Gasteiger partial charge in [0.2, 0.25) is 5.95 Å². The maximum Gasteiger partial charge on any atom is 0.248 e. The van der Waals surface area contributed by atoms with Crippen molar-refractivity contribution < 1.29 is 14.2 Å². The van der Waals surface area contributed by atoms with Crippen molar-refractivity contribution >= 4 is 11.7 Å². The van der Waals surface area contributed by atoms with Crippen molar-refractivity contribution in [1.82, 2.24) is 14.8 Å². The van der Waals surface area contributed by atoms with Gasteiger partial charge in [-0.15, -0.1) is 0 Å². The Morgan fingerprint density at radius 2 is 1.67 bits per heavy atom. The van der Waals surface area contributed by atoms with Crippen molar-refractivity contribution in [1.29, 1.82) is 0 Å². The van der Waals surface area contributed by atoms with Crippen molar-refractivity contribution in [2.24, 2.45) is 4.99 Å². The van der Waals surface area contributed by atoms with Gasteiger partial charge in [0.05, 0.1) is 33.1 Å². The number of benzene rings is 2. The third-order valence-electron chi connectivity index (χ3n) is 4.69. The van der Waals surface area contributed by atoms with E-state index in [0.717, 1.165) is 34.1 Å². The third-order valence-corrected chi connectivity index (χ3v) is 4.69. The molecule has 0 saturated heterocycles. The van der Waals surface area contributed by atoms with E-state index in [4.69, 9.17) is 19.2 Å². The molecule has 7 heteroatoms. The number of nitrogens with zero attached hydrogens (tertiary/aromatic N) is 4. The monoisotopic (exact) mass is 364 g/mol. The first-order valence-corrected chi connectivity index (χ1v) is 8.57. The van der Waals surface area contributed by atoms with E-state index in [1.165, 1.54) is 6.33 Å². The van der Waals surface area contributed by atoms with Crippen LogP contribution in [0.25, 0.3) is 0 Å². The highest BCUT2D eigenvalue weighted by atomic mass is 16.5. The van der Waals surface area contributed by atoms with E-state index >= 15 is 0 Å². The molecule has 2 aromatic carbocycles. The van der Waals surface area contributed by atoms with E-state index in [1.54, 1.807) is 21.3 Å². The minimum atomic E-state index is -0.0952. The summed E-state index contributed by atoms with van der Waals surface area (Å²) in [6, 6.07) is 13.5. The predicted octanol–water partition coefficient (Wildman–Crippen LogP) is 3.42. The first-order chi connectivity index (χ1) is 13.2. The number of rotatable bonds is 5. The summed E-state index contributed by atoms with van der Waals surface area (Å²) in [5.41, 5.74) is 2.94. The molecule has 138 valence electrons. The van der Waals surface area contributed by atoms with Crippen molar-refractivity contribution in [3.63, 3.8) is 0 Å². The van der Waals surface area contributed by atoms with Crippen LogP contribution in [-0.2, 0) is 0 Å². The normalized spacial score (nSPS) is 15.7. The Hall–Kier alpha value is -3.35. The molecule has 1 aromatic heterocycles. The van der Waals surface area contributed by atoms with Gasteiger partial charge >= 0.3 is 0 Å². The molecule has 0 amide bonds. The van der Waals surface area contributed by atoms with Crippen LogP contribution in [-0.4, -0.2) is 41.8 Å². The van der Waals surface area contributed by atoms with Crippen LogP contribution < -0.4 is 14.2 Å². The summed E-state index contributed by atoms with van der Waals surface area (Å²) in [6.07, 6.45) is 2.18. The van der Waals surface area contributed by atoms with E-state index in [2.05, 4.69) is 10.1 Å². The van der Waals surface area contributed by atoms with E-state index in [1.807, 2.05) is 47.1 Å². The summed E-state index contributed by atoms with van der Waals surface area (Å²) in [6.45, 7) is 0. The maximum absolute atomic E-state index is 5.59. The second-order valence-electron chi connectivity index (χ2n) is 6.12. The molecule has 0 N–H and O–H groups in total. The molecule has 0 radical (unpaired) electrons. The van der Waals surface area contributed by atoms with Crippen LogP contribution in [0, 0.1) is 0 Å². The van der Waals surface area contributed by atoms with Gasteiger partial charge in [-0.3, -0.25) is 0 Å². The predicted molar refractivity (Wildman–Crippen MR) is 102 cm³/mol. The Balaban J connectivity index is 1.78. The molecule has 1 aliphatic rings. The number of hydrogen-bond acceptors (Lipinski definition) is 6.